The molecule has 1 aliphatic rings. The number of rotatable bonds is 2. The Balaban J connectivity index is 1.57. The number of anilines is 2. The van der Waals surface area contributed by atoms with Gasteiger partial charge in [-0.2, -0.15) is 0 Å². The molecule has 3 nitrogen and oxygen atoms in total. The van der Waals surface area contributed by atoms with Crippen molar-refractivity contribution < 1.29 is 0 Å². The number of hydrogen-bond donors (Lipinski definition) is 0. The second-order valence-electron chi connectivity index (χ2n) is 6.40. The number of piperazine rings is 1. The molecular formula is C20H19ClN2OS. The van der Waals surface area contributed by atoms with Crippen molar-refractivity contribution in [3.8, 4) is 0 Å². The highest BCUT2D eigenvalue weighted by Crippen LogP contribution is 2.25. The van der Waals surface area contributed by atoms with E-state index in [1.807, 2.05) is 42.6 Å². The van der Waals surface area contributed by atoms with Crippen LogP contribution in [0.15, 0.2) is 52.6 Å². The van der Waals surface area contributed by atoms with Gasteiger partial charge in [0.2, 0.25) is 5.43 Å². The Morgan fingerprint density at radius 3 is 2.52 bits per heavy atom. The Labute approximate surface area is 156 Å². The molecule has 0 amide bonds. The van der Waals surface area contributed by atoms with Gasteiger partial charge in [-0.05, 0) is 37.3 Å². The molecular weight excluding hydrogens is 352 g/mol. The van der Waals surface area contributed by atoms with Crippen LogP contribution in [0.5, 0.6) is 0 Å². The predicted octanol–water partition coefficient (Wildman–Crippen LogP) is 4.55. The summed E-state index contributed by atoms with van der Waals surface area (Å²) in [6.45, 7) is 5.48. The lowest BCUT2D eigenvalue weighted by molar-refractivity contribution is 0.653. The second-order valence-corrected chi connectivity index (χ2v) is 7.75. The third-order valence-electron chi connectivity index (χ3n) is 4.70. The zero-order chi connectivity index (χ0) is 17.4. The Hall–Kier alpha value is -2.04. The first-order valence-corrected chi connectivity index (χ1v) is 9.65. The molecule has 3 aromatic rings. The van der Waals surface area contributed by atoms with Crippen molar-refractivity contribution in [2.75, 3.05) is 36.0 Å². The van der Waals surface area contributed by atoms with Gasteiger partial charge in [-0.3, -0.25) is 4.79 Å². The number of benzene rings is 2. The highest BCUT2D eigenvalue weighted by molar-refractivity contribution is 7.16. The van der Waals surface area contributed by atoms with E-state index in [-0.39, 0.29) is 5.43 Å². The lowest BCUT2D eigenvalue weighted by atomic mass is 10.1. The fraction of sp³-hybridized carbons (Fsp3) is 0.250. The molecule has 1 fully saturated rings. The summed E-state index contributed by atoms with van der Waals surface area (Å²) < 4.78 is 1.05. The summed E-state index contributed by atoms with van der Waals surface area (Å²) >= 11 is 7.75. The van der Waals surface area contributed by atoms with Crippen LogP contribution in [0.1, 0.15) is 5.56 Å². The van der Waals surface area contributed by atoms with Crippen LogP contribution in [0.3, 0.4) is 0 Å². The fourth-order valence-corrected chi connectivity index (χ4v) is 4.44. The van der Waals surface area contributed by atoms with Crippen molar-refractivity contribution in [1.29, 1.82) is 0 Å². The van der Waals surface area contributed by atoms with E-state index in [0.717, 1.165) is 58.2 Å². The maximum absolute atomic E-state index is 12.9. The summed E-state index contributed by atoms with van der Waals surface area (Å²) in [6.07, 6.45) is 0. The van der Waals surface area contributed by atoms with E-state index >= 15 is 0 Å². The van der Waals surface area contributed by atoms with Crippen molar-refractivity contribution in [1.82, 2.24) is 0 Å². The Kier molecular flexibility index (Phi) is 4.40. The number of nitrogens with zero attached hydrogens (tertiary/aromatic N) is 2. The highest BCUT2D eigenvalue weighted by Gasteiger charge is 2.20. The van der Waals surface area contributed by atoms with Gasteiger partial charge in [-0.25, -0.2) is 0 Å². The maximum atomic E-state index is 12.9. The third-order valence-corrected chi connectivity index (χ3v) is 5.89. The average Bonchev–Trinajstić information content (AvgIpc) is 2.63. The van der Waals surface area contributed by atoms with Crippen molar-refractivity contribution in [2.24, 2.45) is 0 Å². The smallest absolute Gasteiger partial charge is 0.211 e. The summed E-state index contributed by atoms with van der Waals surface area (Å²) in [5, 5.41) is 3.60. The normalized spacial score (nSPS) is 15.0. The molecule has 0 unspecified atom stereocenters. The molecule has 0 atom stereocenters. The van der Waals surface area contributed by atoms with E-state index in [1.54, 1.807) is 11.3 Å². The number of halogens is 1. The van der Waals surface area contributed by atoms with Gasteiger partial charge in [0.1, 0.15) is 0 Å². The molecule has 5 heteroatoms. The van der Waals surface area contributed by atoms with Gasteiger partial charge in [-0.15, -0.1) is 11.3 Å². The van der Waals surface area contributed by atoms with Gasteiger partial charge >= 0.3 is 0 Å². The SMILES string of the molecule is Cc1ccc2scc(N3CCN(c4cccc(Cl)c4)CC3)c(=O)c2c1. The molecule has 4 rings (SSSR count). The van der Waals surface area contributed by atoms with E-state index in [1.165, 1.54) is 0 Å². The summed E-state index contributed by atoms with van der Waals surface area (Å²) in [5.41, 5.74) is 3.24. The maximum Gasteiger partial charge on any atom is 0.211 e. The topological polar surface area (TPSA) is 23.6 Å². The third kappa shape index (κ3) is 3.24. The van der Waals surface area contributed by atoms with Crippen LogP contribution in [-0.2, 0) is 0 Å². The van der Waals surface area contributed by atoms with Crippen molar-refractivity contribution in [3.05, 3.63) is 68.7 Å². The van der Waals surface area contributed by atoms with Gasteiger partial charge in [0.15, 0.2) is 0 Å². The molecule has 0 saturated carbocycles. The molecule has 1 aliphatic heterocycles. The van der Waals surface area contributed by atoms with Crippen molar-refractivity contribution in [2.45, 2.75) is 6.92 Å². The molecule has 128 valence electrons. The molecule has 0 spiro atoms. The molecule has 1 saturated heterocycles. The van der Waals surface area contributed by atoms with E-state index in [4.69, 9.17) is 11.6 Å². The van der Waals surface area contributed by atoms with Crippen LogP contribution in [0.2, 0.25) is 5.02 Å². The van der Waals surface area contributed by atoms with Crippen molar-refractivity contribution in [3.63, 3.8) is 0 Å². The van der Waals surface area contributed by atoms with Gasteiger partial charge < -0.3 is 9.80 Å². The molecule has 0 aliphatic carbocycles. The lowest BCUT2D eigenvalue weighted by Crippen LogP contribution is -2.47. The molecule has 2 heterocycles. The second kappa shape index (κ2) is 6.70. The van der Waals surface area contributed by atoms with Gasteiger partial charge in [0, 0.05) is 52.4 Å². The minimum atomic E-state index is 0.147. The van der Waals surface area contributed by atoms with E-state index in [0.29, 0.717) is 0 Å². The number of fused-ring (bicyclic) bond motifs is 1. The van der Waals surface area contributed by atoms with Gasteiger partial charge in [-0.1, -0.05) is 29.3 Å². The standard InChI is InChI=1S/C20H19ClN2OS/c1-14-5-6-19-17(11-14)20(24)18(13-25-19)23-9-7-22(8-10-23)16-4-2-3-15(21)12-16/h2-6,11-13H,7-10H2,1H3. The molecule has 2 aromatic carbocycles. The average molecular weight is 371 g/mol. The predicted molar refractivity (Wildman–Crippen MR) is 109 cm³/mol. The molecule has 0 bridgehead atoms. The minimum absolute atomic E-state index is 0.147. The molecule has 0 N–H and O–H groups in total. The summed E-state index contributed by atoms with van der Waals surface area (Å²) in [6, 6.07) is 14.0. The lowest BCUT2D eigenvalue weighted by Gasteiger charge is -2.37. The Morgan fingerprint density at radius 2 is 1.76 bits per heavy atom. The van der Waals surface area contributed by atoms with Crippen LogP contribution in [0.25, 0.3) is 10.1 Å². The van der Waals surface area contributed by atoms with E-state index in [9.17, 15) is 4.79 Å². The van der Waals surface area contributed by atoms with Gasteiger partial charge in [0.05, 0.1) is 5.69 Å². The monoisotopic (exact) mass is 370 g/mol. The zero-order valence-corrected chi connectivity index (χ0v) is 15.6. The fourth-order valence-electron chi connectivity index (χ4n) is 3.33. The molecule has 0 radical (unpaired) electrons. The van der Waals surface area contributed by atoms with Crippen LogP contribution in [0, 0.1) is 6.92 Å². The van der Waals surface area contributed by atoms with E-state index in [2.05, 4.69) is 21.9 Å². The minimum Gasteiger partial charge on any atom is -0.368 e. The molecule has 1 aromatic heterocycles. The van der Waals surface area contributed by atoms with Crippen molar-refractivity contribution >= 4 is 44.4 Å². The Bertz CT molecular complexity index is 977. The number of aryl methyl sites for hydroxylation is 1. The van der Waals surface area contributed by atoms with Crippen LogP contribution in [-0.4, -0.2) is 26.2 Å². The van der Waals surface area contributed by atoms with E-state index < -0.39 is 0 Å². The van der Waals surface area contributed by atoms with Crippen LogP contribution >= 0.6 is 22.9 Å². The summed E-state index contributed by atoms with van der Waals surface area (Å²) in [4.78, 5) is 17.4. The zero-order valence-electron chi connectivity index (χ0n) is 14.0. The highest BCUT2D eigenvalue weighted by atomic mass is 35.5. The molecule has 25 heavy (non-hydrogen) atoms. The van der Waals surface area contributed by atoms with Gasteiger partial charge in [0.25, 0.3) is 0 Å². The number of hydrogen-bond acceptors (Lipinski definition) is 4. The largest absolute Gasteiger partial charge is 0.368 e. The van der Waals surface area contributed by atoms with Crippen LogP contribution in [0.4, 0.5) is 11.4 Å². The first kappa shape index (κ1) is 16.4. The summed E-state index contributed by atoms with van der Waals surface area (Å²) in [5.74, 6) is 0. The first-order chi connectivity index (χ1) is 12.1. The quantitative estimate of drug-likeness (QED) is 0.661. The first-order valence-electron chi connectivity index (χ1n) is 8.39. The Morgan fingerprint density at radius 1 is 1.00 bits per heavy atom. The summed E-state index contributed by atoms with van der Waals surface area (Å²) in [7, 11) is 0. The van der Waals surface area contributed by atoms with Crippen LogP contribution < -0.4 is 15.2 Å².